The number of thioether (sulfide) groups is 1. The summed E-state index contributed by atoms with van der Waals surface area (Å²) in [6.07, 6.45) is 7.80. The van der Waals surface area contributed by atoms with Crippen molar-refractivity contribution in [1.29, 1.82) is 0 Å². The molecule has 138 valence electrons. The molecule has 5 heteroatoms. The molecule has 1 amide bonds. The Hall–Kier alpha value is -1.49. The van der Waals surface area contributed by atoms with E-state index in [1.807, 2.05) is 13.0 Å². The highest BCUT2D eigenvalue weighted by Crippen LogP contribution is 2.55. The Morgan fingerprint density at radius 1 is 1.23 bits per heavy atom. The van der Waals surface area contributed by atoms with Crippen LogP contribution in [0.1, 0.15) is 51.0 Å². The number of nitrogens with zero attached hydrogens (tertiary/aromatic N) is 1. The first-order chi connectivity index (χ1) is 12.5. The zero-order chi connectivity index (χ0) is 17.9. The number of aromatic nitrogens is 2. The van der Waals surface area contributed by atoms with E-state index >= 15 is 0 Å². The molecule has 1 unspecified atom stereocenters. The van der Waals surface area contributed by atoms with E-state index in [0.717, 1.165) is 33.9 Å². The van der Waals surface area contributed by atoms with Gasteiger partial charge in [0.15, 0.2) is 5.16 Å². The summed E-state index contributed by atoms with van der Waals surface area (Å²) in [6, 6.07) is 6.21. The lowest BCUT2D eigenvalue weighted by atomic mass is 9.53. The van der Waals surface area contributed by atoms with Gasteiger partial charge in [-0.3, -0.25) is 4.79 Å². The average molecular weight is 370 g/mol. The number of imidazole rings is 1. The van der Waals surface area contributed by atoms with Crippen LogP contribution < -0.4 is 5.32 Å². The highest BCUT2D eigenvalue weighted by atomic mass is 32.2. The first-order valence-electron chi connectivity index (χ1n) is 9.93. The second-order valence-corrected chi connectivity index (χ2v) is 10.3. The quantitative estimate of drug-likeness (QED) is 0.784. The van der Waals surface area contributed by atoms with Crippen LogP contribution in [0.15, 0.2) is 23.4 Å². The van der Waals surface area contributed by atoms with Crippen LogP contribution in [0, 0.1) is 24.7 Å². The first-order valence-corrected chi connectivity index (χ1v) is 10.8. The van der Waals surface area contributed by atoms with Crippen molar-refractivity contribution in [3.63, 3.8) is 0 Å². The Labute approximate surface area is 158 Å². The Morgan fingerprint density at radius 2 is 1.88 bits per heavy atom. The van der Waals surface area contributed by atoms with Crippen molar-refractivity contribution in [2.75, 3.05) is 0 Å². The molecule has 6 rings (SSSR count). The Kier molecular flexibility index (Phi) is 3.85. The van der Waals surface area contributed by atoms with E-state index in [2.05, 4.69) is 34.3 Å². The molecule has 4 aliphatic rings. The molecule has 1 heterocycles. The monoisotopic (exact) mass is 369 g/mol. The topological polar surface area (TPSA) is 57.8 Å². The van der Waals surface area contributed by atoms with Gasteiger partial charge in [0.1, 0.15) is 0 Å². The van der Waals surface area contributed by atoms with Gasteiger partial charge in [0, 0.05) is 5.54 Å². The van der Waals surface area contributed by atoms with Crippen LogP contribution >= 0.6 is 11.8 Å². The standard InChI is InChI=1S/C21H27N3OS/c1-12-3-4-17-18(5-12)23-20(22-17)26-13(2)19(25)24-21-9-14-6-15(10-21)8-16(7-14)11-21/h3-5,13-16H,6-11H2,1-2H3,(H,22,23)(H,24,25). The van der Waals surface area contributed by atoms with E-state index in [0.29, 0.717) is 0 Å². The Balaban J connectivity index is 1.28. The van der Waals surface area contributed by atoms with Gasteiger partial charge in [0.25, 0.3) is 0 Å². The van der Waals surface area contributed by atoms with Gasteiger partial charge in [-0.2, -0.15) is 0 Å². The lowest BCUT2D eigenvalue weighted by Crippen LogP contribution is -2.60. The summed E-state index contributed by atoms with van der Waals surface area (Å²) in [5.74, 6) is 2.72. The minimum absolute atomic E-state index is 0.0889. The molecule has 1 aromatic heterocycles. The second-order valence-electron chi connectivity index (χ2n) is 9.01. The number of benzene rings is 1. The zero-order valence-corrected chi connectivity index (χ0v) is 16.4. The third kappa shape index (κ3) is 2.94. The van der Waals surface area contributed by atoms with Crippen molar-refractivity contribution < 1.29 is 4.79 Å². The van der Waals surface area contributed by atoms with Gasteiger partial charge in [-0.25, -0.2) is 4.98 Å². The molecule has 1 atom stereocenters. The first kappa shape index (κ1) is 16.7. The number of aromatic amines is 1. The predicted molar refractivity (Wildman–Crippen MR) is 105 cm³/mol. The van der Waals surface area contributed by atoms with Crippen LogP contribution in [0.2, 0.25) is 0 Å². The number of H-pyrrole nitrogens is 1. The zero-order valence-electron chi connectivity index (χ0n) is 15.5. The molecule has 4 fully saturated rings. The lowest BCUT2D eigenvalue weighted by molar-refractivity contribution is -0.126. The smallest absolute Gasteiger partial charge is 0.233 e. The summed E-state index contributed by atoms with van der Waals surface area (Å²) < 4.78 is 0. The van der Waals surface area contributed by atoms with Crippen molar-refractivity contribution in [3.05, 3.63) is 23.8 Å². The van der Waals surface area contributed by atoms with E-state index in [9.17, 15) is 4.79 Å². The molecule has 0 saturated heterocycles. The molecule has 0 spiro atoms. The van der Waals surface area contributed by atoms with Crippen molar-refractivity contribution in [2.24, 2.45) is 17.8 Å². The minimum Gasteiger partial charge on any atom is -0.350 e. The van der Waals surface area contributed by atoms with Gasteiger partial charge in [-0.1, -0.05) is 17.8 Å². The maximum Gasteiger partial charge on any atom is 0.233 e. The highest BCUT2D eigenvalue weighted by molar-refractivity contribution is 8.00. The van der Waals surface area contributed by atoms with E-state index in [-0.39, 0.29) is 16.7 Å². The minimum atomic E-state index is -0.135. The van der Waals surface area contributed by atoms with Crippen molar-refractivity contribution in [1.82, 2.24) is 15.3 Å². The number of carbonyl (C=O) groups is 1. The van der Waals surface area contributed by atoms with Crippen molar-refractivity contribution in [2.45, 2.75) is 68.3 Å². The molecule has 4 aliphatic carbocycles. The van der Waals surface area contributed by atoms with Crippen LogP contribution in [-0.4, -0.2) is 26.7 Å². The summed E-state index contributed by atoms with van der Waals surface area (Å²) in [5.41, 5.74) is 3.31. The van der Waals surface area contributed by atoms with E-state index < -0.39 is 0 Å². The number of amides is 1. The van der Waals surface area contributed by atoms with E-state index in [4.69, 9.17) is 0 Å². The van der Waals surface area contributed by atoms with Crippen LogP contribution in [0.25, 0.3) is 11.0 Å². The van der Waals surface area contributed by atoms with Gasteiger partial charge >= 0.3 is 0 Å². The molecule has 2 N–H and O–H groups in total. The maximum atomic E-state index is 12.9. The van der Waals surface area contributed by atoms with Gasteiger partial charge < -0.3 is 10.3 Å². The molecule has 2 aromatic rings. The maximum absolute atomic E-state index is 12.9. The molecule has 0 radical (unpaired) electrons. The fourth-order valence-corrected chi connectivity index (χ4v) is 6.82. The molecular formula is C21H27N3OS. The van der Waals surface area contributed by atoms with Crippen molar-refractivity contribution >= 4 is 28.7 Å². The number of rotatable bonds is 4. The van der Waals surface area contributed by atoms with E-state index in [1.165, 1.54) is 55.9 Å². The summed E-state index contributed by atoms with van der Waals surface area (Å²) in [4.78, 5) is 20.9. The summed E-state index contributed by atoms with van der Waals surface area (Å²) in [5, 5.41) is 4.18. The van der Waals surface area contributed by atoms with Crippen LogP contribution in [-0.2, 0) is 4.79 Å². The van der Waals surface area contributed by atoms with Gasteiger partial charge in [-0.05, 0) is 87.8 Å². The largest absolute Gasteiger partial charge is 0.350 e. The lowest BCUT2D eigenvalue weighted by Gasteiger charge is -2.57. The Bertz CT molecular complexity index is 823. The van der Waals surface area contributed by atoms with E-state index in [1.54, 1.807) is 0 Å². The van der Waals surface area contributed by atoms with Gasteiger partial charge in [0.05, 0.1) is 16.3 Å². The van der Waals surface area contributed by atoms with Crippen LogP contribution in [0.5, 0.6) is 0 Å². The van der Waals surface area contributed by atoms with Crippen LogP contribution in [0.3, 0.4) is 0 Å². The predicted octanol–water partition coefficient (Wildman–Crippen LogP) is 4.44. The fourth-order valence-electron chi connectivity index (χ4n) is 6.00. The number of aryl methyl sites for hydroxylation is 1. The Morgan fingerprint density at radius 3 is 2.54 bits per heavy atom. The molecule has 4 saturated carbocycles. The normalized spacial score (nSPS) is 33.5. The highest BCUT2D eigenvalue weighted by Gasteiger charge is 2.51. The number of hydrogen-bond donors (Lipinski definition) is 2. The molecule has 26 heavy (non-hydrogen) atoms. The summed E-state index contributed by atoms with van der Waals surface area (Å²) in [7, 11) is 0. The molecule has 4 bridgehead atoms. The third-order valence-electron chi connectivity index (χ3n) is 6.70. The number of hydrogen-bond acceptors (Lipinski definition) is 3. The molecule has 4 nitrogen and oxygen atoms in total. The summed E-state index contributed by atoms with van der Waals surface area (Å²) >= 11 is 1.53. The number of carbonyl (C=O) groups excluding carboxylic acids is 1. The van der Waals surface area contributed by atoms with Crippen LogP contribution in [0.4, 0.5) is 0 Å². The summed E-state index contributed by atoms with van der Waals surface area (Å²) in [6.45, 7) is 4.08. The number of nitrogens with one attached hydrogen (secondary N) is 2. The molecule has 1 aromatic carbocycles. The van der Waals surface area contributed by atoms with Crippen molar-refractivity contribution in [3.8, 4) is 0 Å². The molecule has 0 aliphatic heterocycles. The van der Waals surface area contributed by atoms with Gasteiger partial charge in [-0.15, -0.1) is 0 Å². The third-order valence-corrected chi connectivity index (χ3v) is 7.68. The average Bonchev–Trinajstić information content (AvgIpc) is 2.94. The van der Waals surface area contributed by atoms with Gasteiger partial charge in [0.2, 0.25) is 5.91 Å². The number of fused-ring (bicyclic) bond motifs is 1. The molecular weight excluding hydrogens is 342 g/mol. The SMILES string of the molecule is Cc1ccc2nc(SC(C)C(=O)NC34CC5CC(CC(C5)C3)C4)[nH]c2c1. The second kappa shape index (κ2) is 6.01. The fraction of sp³-hybridized carbons (Fsp3) is 0.619.